The van der Waals surface area contributed by atoms with E-state index in [0.29, 0.717) is 11.8 Å². The molecule has 0 spiro atoms. The Morgan fingerprint density at radius 1 is 1.08 bits per heavy atom. The highest BCUT2D eigenvalue weighted by Gasteiger charge is 2.33. The molecule has 1 aromatic heterocycles. The summed E-state index contributed by atoms with van der Waals surface area (Å²) in [5, 5.41) is 15.9. The maximum atomic E-state index is 12.4. The summed E-state index contributed by atoms with van der Waals surface area (Å²) in [5.41, 5.74) is 2.04. The normalized spacial score (nSPS) is 17.8. The largest absolute Gasteiger partial charge is 0.490 e. The summed E-state index contributed by atoms with van der Waals surface area (Å²) < 4.78 is 12.6. The molecule has 2 saturated heterocycles. The number of benzene rings is 1. The molecule has 0 saturated carbocycles. The summed E-state index contributed by atoms with van der Waals surface area (Å²) in [6.45, 7) is 8.90. The molecule has 196 valence electrons. The monoisotopic (exact) mass is 499 g/mol. The fourth-order valence-electron chi connectivity index (χ4n) is 5.41. The van der Waals surface area contributed by atoms with E-state index >= 15 is 0 Å². The van der Waals surface area contributed by atoms with E-state index in [1.165, 1.54) is 7.11 Å². The third-order valence-corrected chi connectivity index (χ3v) is 7.25. The molecule has 2 fully saturated rings. The zero-order valence-electron chi connectivity index (χ0n) is 21.9. The average molecular weight is 500 g/mol. The molecule has 0 atom stereocenters. The van der Waals surface area contributed by atoms with E-state index in [1.54, 1.807) is 23.0 Å². The minimum absolute atomic E-state index is 0.0493. The second-order valence-electron chi connectivity index (χ2n) is 10.8. The Hall–Kier alpha value is -3.30. The lowest BCUT2D eigenvalue weighted by Crippen LogP contribution is -2.44. The zero-order chi connectivity index (χ0) is 26.0. The molecule has 2 aromatic rings. The highest BCUT2D eigenvalue weighted by atomic mass is 16.6. The molecule has 36 heavy (non-hydrogen) atoms. The summed E-state index contributed by atoms with van der Waals surface area (Å²) in [7, 11) is 3.30. The van der Waals surface area contributed by atoms with Crippen LogP contribution in [0.4, 0.5) is 16.2 Å². The van der Waals surface area contributed by atoms with Gasteiger partial charge in [0.05, 0.1) is 18.2 Å². The number of amides is 1. The van der Waals surface area contributed by atoms with Crippen LogP contribution < -0.4 is 9.64 Å². The Morgan fingerprint density at radius 2 is 1.69 bits per heavy atom. The van der Waals surface area contributed by atoms with Gasteiger partial charge in [0, 0.05) is 68.4 Å². The summed E-state index contributed by atoms with van der Waals surface area (Å²) in [5.74, 6) is 1.46. The molecule has 0 unspecified atom stereocenters. The number of ether oxygens (including phenoxy) is 2. The van der Waals surface area contributed by atoms with Crippen LogP contribution in [0.5, 0.6) is 5.75 Å². The van der Waals surface area contributed by atoms with Crippen molar-refractivity contribution in [1.29, 1.82) is 0 Å². The van der Waals surface area contributed by atoms with Crippen molar-refractivity contribution in [1.82, 2.24) is 14.7 Å². The number of aromatic nitrogens is 2. The van der Waals surface area contributed by atoms with Crippen molar-refractivity contribution in [2.24, 2.45) is 18.9 Å². The predicted molar refractivity (Wildman–Crippen MR) is 137 cm³/mol. The van der Waals surface area contributed by atoms with Gasteiger partial charge in [0.15, 0.2) is 5.75 Å². The third kappa shape index (κ3) is 5.74. The quantitative estimate of drug-likeness (QED) is 0.427. The Labute approximate surface area is 212 Å². The molecule has 10 heteroatoms. The van der Waals surface area contributed by atoms with Gasteiger partial charge < -0.3 is 19.3 Å². The zero-order valence-corrected chi connectivity index (χ0v) is 21.9. The van der Waals surface area contributed by atoms with Gasteiger partial charge >= 0.3 is 11.8 Å². The first kappa shape index (κ1) is 25.8. The average Bonchev–Trinajstić information content (AvgIpc) is 3.28. The molecule has 0 N–H and O–H groups in total. The number of hydrogen-bond donors (Lipinski definition) is 0. The Kier molecular flexibility index (Phi) is 7.42. The number of rotatable bonds is 5. The molecule has 2 aliphatic heterocycles. The molecule has 1 amide bonds. The SMILES string of the molecule is COc1cc(N2CCC(C3CCN(C(=O)OC(C)(C)C)CC3)CC2)c(-c2cnn(C)c2)cc1[N+](=O)[O-]. The van der Waals surface area contributed by atoms with Gasteiger partial charge in [-0.05, 0) is 58.3 Å². The number of likely N-dealkylation sites (tertiary alicyclic amines) is 1. The van der Waals surface area contributed by atoms with Crippen LogP contribution >= 0.6 is 0 Å². The standard InChI is InChI=1S/C26H37N5O5/c1-26(2,3)36-25(32)30-12-8-19(9-13-30)18-6-10-29(11-7-18)22-15-24(35-5)23(31(33)34)14-21(22)20-16-27-28(4)17-20/h14-19H,6-13H2,1-5H3. The van der Waals surface area contributed by atoms with Gasteiger partial charge in [-0.25, -0.2) is 4.79 Å². The summed E-state index contributed by atoms with van der Waals surface area (Å²) >= 11 is 0. The van der Waals surface area contributed by atoms with Crippen molar-refractivity contribution < 1.29 is 19.2 Å². The van der Waals surface area contributed by atoms with E-state index in [9.17, 15) is 14.9 Å². The number of carbonyl (C=O) groups is 1. The van der Waals surface area contributed by atoms with Crippen molar-refractivity contribution >= 4 is 17.5 Å². The predicted octanol–water partition coefficient (Wildman–Crippen LogP) is 4.87. The summed E-state index contributed by atoms with van der Waals surface area (Å²) in [6, 6.07) is 3.39. The van der Waals surface area contributed by atoms with Gasteiger partial charge in [-0.2, -0.15) is 5.10 Å². The van der Waals surface area contributed by atoms with E-state index in [4.69, 9.17) is 9.47 Å². The lowest BCUT2D eigenvalue weighted by Gasteiger charge is -2.41. The van der Waals surface area contributed by atoms with E-state index < -0.39 is 10.5 Å². The highest BCUT2D eigenvalue weighted by molar-refractivity contribution is 5.82. The van der Waals surface area contributed by atoms with Crippen LogP contribution in [-0.2, 0) is 11.8 Å². The number of aryl methyl sites for hydroxylation is 1. The smallest absolute Gasteiger partial charge is 0.410 e. The van der Waals surface area contributed by atoms with Gasteiger partial charge in [-0.1, -0.05) is 0 Å². The second-order valence-corrected chi connectivity index (χ2v) is 10.8. The Morgan fingerprint density at radius 3 is 2.19 bits per heavy atom. The van der Waals surface area contributed by atoms with Crippen LogP contribution in [-0.4, -0.2) is 64.6 Å². The number of nitrogens with zero attached hydrogens (tertiary/aromatic N) is 5. The number of nitro benzene ring substituents is 1. The molecule has 2 aliphatic rings. The van der Waals surface area contributed by atoms with Gasteiger partial charge in [-0.15, -0.1) is 0 Å². The van der Waals surface area contributed by atoms with E-state index in [1.807, 2.05) is 38.9 Å². The maximum absolute atomic E-state index is 12.4. The Balaban J connectivity index is 1.44. The van der Waals surface area contributed by atoms with Crippen LogP contribution in [0.25, 0.3) is 11.1 Å². The molecular weight excluding hydrogens is 462 g/mol. The van der Waals surface area contributed by atoms with Gasteiger partial charge in [0.2, 0.25) is 0 Å². The fourth-order valence-corrected chi connectivity index (χ4v) is 5.41. The van der Waals surface area contributed by atoms with E-state index in [0.717, 1.165) is 68.7 Å². The molecule has 3 heterocycles. The first-order valence-electron chi connectivity index (χ1n) is 12.6. The van der Waals surface area contributed by atoms with Crippen LogP contribution in [0.2, 0.25) is 0 Å². The summed E-state index contributed by atoms with van der Waals surface area (Å²) in [4.78, 5) is 27.8. The number of hydrogen-bond acceptors (Lipinski definition) is 7. The van der Waals surface area contributed by atoms with E-state index in [2.05, 4.69) is 10.00 Å². The Bertz CT molecular complexity index is 1090. The molecule has 1 aromatic carbocycles. The van der Waals surface area contributed by atoms with Gasteiger partial charge in [0.25, 0.3) is 0 Å². The van der Waals surface area contributed by atoms with Crippen LogP contribution in [0.15, 0.2) is 24.5 Å². The van der Waals surface area contributed by atoms with Crippen molar-refractivity contribution in [3.63, 3.8) is 0 Å². The first-order chi connectivity index (χ1) is 17.1. The number of piperidine rings is 2. The number of nitro groups is 1. The minimum atomic E-state index is -0.476. The van der Waals surface area contributed by atoms with Crippen molar-refractivity contribution in [2.75, 3.05) is 38.2 Å². The second kappa shape index (κ2) is 10.4. The minimum Gasteiger partial charge on any atom is -0.490 e. The van der Waals surface area contributed by atoms with Crippen LogP contribution in [0, 0.1) is 22.0 Å². The van der Waals surface area contributed by atoms with E-state index in [-0.39, 0.29) is 17.5 Å². The van der Waals surface area contributed by atoms with Crippen LogP contribution in [0.3, 0.4) is 0 Å². The van der Waals surface area contributed by atoms with Crippen molar-refractivity contribution in [2.45, 2.75) is 52.1 Å². The summed E-state index contributed by atoms with van der Waals surface area (Å²) in [6.07, 6.45) is 7.48. The lowest BCUT2D eigenvalue weighted by atomic mass is 9.78. The molecule has 0 aliphatic carbocycles. The maximum Gasteiger partial charge on any atom is 0.410 e. The molecular formula is C26H37N5O5. The molecule has 0 bridgehead atoms. The topological polar surface area (TPSA) is 103 Å². The van der Waals surface area contributed by atoms with Crippen molar-refractivity contribution in [3.8, 4) is 16.9 Å². The first-order valence-corrected chi connectivity index (χ1v) is 12.6. The number of carbonyl (C=O) groups excluding carboxylic acids is 1. The molecule has 4 rings (SSSR count). The molecule has 10 nitrogen and oxygen atoms in total. The lowest BCUT2D eigenvalue weighted by molar-refractivity contribution is -0.385. The third-order valence-electron chi connectivity index (χ3n) is 7.25. The molecule has 0 radical (unpaired) electrons. The van der Waals surface area contributed by atoms with Crippen molar-refractivity contribution in [3.05, 3.63) is 34.6 Å². The number of anilines is 1. The number of methoxy groups -OCH3 is 1. The van der Waals surface area contributed by atoms with Gasteiger partial charge in [-0.3, -0.25) is 14.8 Å². The highest BCUT2D eigenvalue weighted by Crippen LogP contribution is 2.42. The van der Waals surface area contributed by atoms with Crippen LogP contribution in [0.1, 0.15) is 46.5 Å². The fraction of sp³-hybridized carbons (Fsp3) is 0.615. The van der Waals surface area contributed by atoms with Gasteiger partial charge in [0.1, 0.15) is 5.60 Å².